The van der Waals surface area contributed by atoms with Gasteiger partial charge in [-0.1, -0.05) is 39.7 Å². The van der Waals surface area contributed by atoms with E-state index in [1.807, 2.05) is 6.92 Å². The lowest BCUT2D eigenvalue weighted by atomic mass is 10.2. The molecule has 0 unspecified atom stereocenters. The third-order valence-electron chi connectivity index (χ3n) is 4.17. The molecular weight excluding hydrogens is 502 g/mol. The fourth-order valence-electron chi connectivity index (χ4n) is 2.55. The Morgan fingerprint density at radius 3 is 2.53 bits per heavy atom. The van der Waals surface area contributed by atoms with Crippen molar-refractivity contribution in [2.45, 2.75) is 11.8 Å². The molecule has 0 aliphatic heterocycles. The van der Waals surface area contributed by atoms with E-state index in [9.17, 15) is 23.3 Å². The van der Waals surface area contributed by atoms with Gasteiger partial charge >= 0.3 is 10.1 Å². The standard InChI is InChI=1S/C21H16BrN3O6S/c1-14-5-8-19(9-6-14)32(29,30)31-20-10-7-17(22)11-16(20)13-23-24-21(26)15-3-2-4-18(12-15)25(27)28/h2-13H,1H3,(H,24,26)/b23-13-. The van der Waals surface area contributed by atoms with Crippen molar-refractivity contribution in [3.8, 4) is 5.75 Å². The van der Waals surface area contributed by atoms with E-state index in [0.717, 1.165) is 11.6 Å². The number of nitrogens with one attached hydrogen (secondary N) is 1. The summed E-state index contributed by atoms with van der Waals surface area (Å²) in [6.45, 7) is 1.84. The molecule has 0 aliphatic carbocycles. The Labute approximate surface area is 192 Å². The van der Waals surface area contributed by atoms with Crippen molar-refractivity contribution in [3.63, 3.8) is 0 Å². The molecule has 1 amide bonds. The predicted octanol–water partition coefficient (Wildman–Crippen LogP) is 4.20. The van der Waals surface area contributed by atoms with Gasteiger partial charge in [-0.15, -0.1) is 0 Å². The largest absolute Gasteiger partial charge is 0.378 e. The summed E-state index contributed by atoms with van der Waals surface area (Å²) in [5.74, 6) is -0.670. The van der Waals surface area contributed by atoms with Crippen molar-refractivity contribution in [2.24, 2.45) is 5.10 Å². The Morgan fingerprint density at radius 2 is 1.84 bits per heavy atom. The van der Waals surface area contributed by atoms with Crippen molar-refractivity contribution in [3.05, 3.63) is 98.0 Å². The number of benzene rings is 3. The zero-order valence-electron chi connectivity index (χ0n) is 16.6. The SMILES string of the molecule is Cc1ccc(S(=O)(=O)Oc2ccc(Br)cc2/C=N\NC(=O)c2cccc([N+](=O)[O-])c2)cc1. The van der Waals surface area contributed by atoms with E-state index in [2.05, 4.69) is 26.5 Å². The van der Waals surface area contributed by atoms with Crippen LogP contribution in [0, 0.1) is 17.0 Å². The Morgan fingerprint density at radius 1 is 1.12 bits per heavy atom. The van der Waals surface area contributed by atoms with E-state index >= 15 is 0 Å². The summed E-state index contributed by atoms with van der Waals surface area (Å²) in [6, 6.07) is 16.0. The highest BCUT2D eigenvalue weighted by atomic mass is 79.9. The molecule has 0 aromatic heterocycles. The number of hydrazone groups is 1. The minimum atomic E-state index is -4.09. The van der Waals surface area contributed by atoms with Gasteiger partial charge < -0.3 is 4.18 Å². The molecule has 0 saturated heterocycles. The Bertz CT molecular complexity index is 1310. The molecule has 0 spiro atoms. The van der Waals surface area contributed by atoms with Crippen LogP contribution in [0.3, 0.4) is 0 Å². The molecule has 1 N–H and O–H groups in total. The van der Waals surface area contributed by atoms with Crippen LogP contribution in [-0.4, -0.2) is 25.5 Å². The van der Waals surface area contributed by atoms with Crippen LogP contribution in [0.25, 0.3) is 0 Å². The second-order valence-electron chi connectivity index (χ2n) is 6.54. The minimum Gasteiger partial charge on any atom is -0.378 e. The van der Waals surface area contributed by atoms with Gasteiger partial charge in [0.2, 0.25) is 0 Å². The van der Waals surface area contributed by atoms with Gasteiger partial charge in [0.15, 0.2) is 5.75 Å². The number of carbonyl (C=O) groups is 1. The molecule has 0 radical (unpaired) electrons. The zero-order chi connectivity index (χ0) is 23.3. The maximum absolute atomic E-state index is 12.6. The van der Waals surface area contributed by atoms with Crippen LogP contribution >= 0.6 is 15.9 Å². The van der Waals surface area contributed by atoms with Gasteiger partial charge in [0.25, 0.3) is 11.6 Å². The quantitative estimate of drug-likeness (QED) is 0.216. The monoisotopic (exact) mass is 517 g/mol. The minimum absolute atomic E-state index is 0.00197. The van der Waals surface area contributed by atoms with Crippen LogP contribution < -0.4 is 9.61 Å². The van der Waals surface area contributed by atoms with Gasteiger partial charge in [-0.2, -0.15) is 13.5 Å². The van der Waals surface area contributed by atoms with Gasteiger partial charge in [0.05, 0.1) is 11.1 Å². The summed E-state index contributed by atoms with van der Waals surface area (Å²) in [6.07, 6.45) is 1.21. The summed E-state index contributed by atoms with van der Waals surface area (Å²) < 4.78 is 31.1. The number of rotatable bonds is 7. The fraction of sp³-hybridized carbons (Fsp3) is 0.0476. The smallest absolute Gasteiger partial charge is 0.339 e. The molecule has 0 saturated carbocycles. The Kier molecular flexibility index (Phi) is 7.01. The van der Waals surface area contributed by atoms with Crippen molar-refractivity contribution in [2.75, 3.05) is 0 Å². The van der Waals surface area contributed by atoms with Crippen LogP contribution in [0.15, 0.2) is 81.2 Å². The lowest BCUT2D eigenvalue weighted by Gasteiger charge is -2.10. The molecule has 11 heteroatoms. The maximum atomic E-state index is 12.6. The van der Waals surface area contributed by atoms with Crippen LogP contribution in [0.5, 0.6) is 5.75 Å². The van der Waals surface area contributed by atoms with E-state index in [-0.39, 0.29) is 27.5 Å². The van der Waals surface area contributed by atoms with Crippen molar-refractivity contribution in [1.29, 1.82) is 0 Å². The first-order valence-electron chi connectivity index (χ1n) is 9.04. The van der Waals surface area contributed by atoms with E-state index in [1.165, 1.54) is 42.6 Å². The first kappa shape index (κ1) is 23.1. The topological polar surface area (TPSA) is 128 Å². The van der Waals surface area contributed by atoms with Gasteiger partial charge in [-0.3, -0.25) is 14.9 Å². The number of nitro benzene ring substituents is 1. The molecule has 32 heavy (non-hydrogen) atoms. The number of nitro groups is 1. The number of aryl methyl sites for hydroxylation is 1. The summed E-state index contributed by atoms with van der Waals surface area (Å²) in [5, 5.41) is 14.7. The number of hydrogen-bond acceptors (Lipinski definition) is 7. The number of amides is 1. The van der Waals surface area contributed by atoms with Crippen LogP contribution in [0.4, 0.5) is 5.69 Å². The first-order chi connectivity index (χ1) is 15.2. The lowest BCUT2D eigenvalue weighted by Crippen LogP contribution is -2.18. The number of non-ortho nitro benzene ring substituents is 1. The van der Waals surface area contributed by atoms with Crippen LogP contribution in [0.2, 0.25) is 0 Å². The summed E-state index contributed by atoms with van der Waals surface area (Å²) in [5.41, 5.74) is 3.24. The normalized spacial score (nSPS) is 11.3. The highest BCUT2D eigenvalue weighted by molar-refractivity contribution is 9.10. The number of halogens is 1. The molecule has 164 valence electrons. The number of hydrogen-bond donors (Lipinski definition) is 1. The Hall–Kier alpha value is -3.57. The maximum Gasteiger partial charge on any atom is 0.339 e. The zero-order valence-corrected chi connectivity index (χ0v) is 19.0. The second kappa shape index (κ2) is 9.71. The van der Waals surface area contributed by atoms with Gasteiger partial charge in [0.1, 0.15) is 4.90 Å². The van der Waals surface area contributed by atoms with Gasteiger partial charge in [-0.25, -0.2) is 5.43 Å². The fourth-order valence-corrected chi connectivity index (χ4v) is 3.89. The van der Waals surface area contributed by atoms with Crippen LogP contribution in [-0.2, 0) is 10.1 Å². The van der Waals surface area contributed by atoms with Gasteiger partial charge in [-0.05, 0) is 43.3 Å². The molecule has 3 aromatic carbocycles. The Balaban J connectivity index is 1.80. The first-order valence-corrected chi connectivity index (χ1v) is 11.2. The highest BCUT2D eigenvalue weighted by Crippen LogP contribution is 2.25. The molecule has 0 bridgehead atoms. The third-order valence-corrected chi connectivity index (χ3v) is 5.91. The molecule has 0 heterocycles. The third kappa shape index (κ3) is 5.77. The van der Waals surface area contributed by atoms with E-state index in [1.54, 1.807) is 24.3 Å². The van der Waals surface area contributed by atoms with Crippen LogP contribution in [0.1, 0.15) is 21.5 Å². The lowest BCUT2D eigenvalue weighted by molar-refractivity contribution is -0.384. The average molecular weight is 518 g/mol. The molecule has 9 nitrogen and oxygen atoms in total. The molecule has 3 rings (SSSR count). The van der Waals surface area contributed by atoms with E-state index in [4.69, 9.17) is 4.18 Å². The average Bonchev–Trinajstić information content (AvgIpc) is 2.75. The molecule has 3 aromatic rings. The number of carbonyl (C=O) groups excluding carboxylic acids is 1. The van der Waals surface area contributed by atoms with Crippen molar-refractivity contribution in [1.82, 2.24) is 5.43 Å². The highest BCUT2D eigenvalue weighted by Gasteiger charge is 2.18. The summed E-state index contributed by atoms with van der Waals surface area (Å²) >= 11 is 3.29. The molecule has 0 aliphatic rings. The van der Waals surface area contributed by atoms with E-state index < -0.39 is 20.9 Å². The predicted molar refractivity (Wildman–Crippen MR) is 121 cm³/mol. The van der Waals surface area contributed by atoms with Crippen molar-refractivity contribution >= 4 is 43.9 Å². The molecular formula is C21H16BrN3O6S. The molecule has 0 fully saturated rings. The summed E-state index contributed by atoms with van der Waals surface area (Å²) in [4.78, 5) is 22.5. The molecule has 0 atom stereocenters. The summed E-state index contributed by atoms with van der Waals surface area (Å²) in [7, 11) is -4.09. The van der Waals surface area contributed by atoms with Gasteiger partial charge in [0, 0.05) is 27.7 Å². The van der Waals surface area contributed by atoms with E-state index in [0.29, 0.717) is 4.47 Å². The number of nitrogens with zero attached hydrogens (tertiary/aromatic N) is 2. The van der Waals surface area contributed by atoms with Crippen molar-refractivity contribution < 1.29 is 22.3 Å². The second-order valence-corrected chi connectivity index (χ2v) is 9.00.